The van der Waals surface area contributed by atoms with Crippen LogP contribution in [0.25, 0.3) is 0 Å². The van der Waals surface area contributed by atoms with Crippen LogP contribution < -0.4 is 0 Å². The summed E-state index contributed by atoms with van der Waals surface area (Å²) < 4.78 is 57.4. The first-order chi connectivity index (χ1) is 17.7. The number of hydrogen-bond donors (Lipinski definition) is 0. The number of thiophene rings is 1. The number of halogens is 4. The van der Waals surface area contributed by atoms with Crippen LogP contribution in [0.3, 0.4) is 0 Å². The van der Waals surface area contributed by atoms with Gasteiger partial charge in [0.05, 0.1) is 28.8 Å². The van der Waals surface area contributed by atoms with E-state index in [4.69, 9.17) is 4.74 Å². The third kappa shape index (κ3) is 6.23. The van der Waals surface area contributed by atoms with E-state index in [9.17, 15) is 27.2 Å². The molecule has 0 bridgehead atoms. The highest BCUT2D eigenvalue weighted by Crippen LogP contribution is 2.34. The number of carbonyl (C=O) groups excluding carboxylic acids is 2. The fraction of sp³-hybridized carbons (Fsp3) is 0.269. The largest absolute Gasteiger partial charge is 0.416 e. The average Bonchev–Trinajstić information content (AvgIpc) is 3.56. The van der Waals surface area contributed by atoms with E-state index < -0.39 is 35.4 Å². The van der Waals surface area contributed by atoms with Gasteiger partial charge in [-0.1, -0.05) is 18.2 Å². The molecular formula is C26H23F4N3O3S. The van der Waals surface area contributed by atoms with Crippen LogP contribution >= 0.6 is 11.3 Å². The average molecular weight is 534 g/mol. The molecule has 4 rings (SSSR count). The van der Waals surface area contributed by atoms with Crippen molar-refractivity contribution in [2.24, 2.45) is 5.10 Å². The second-order valence-corrected chi connectivity index (χ2v) is 9.28. The van der Waals surface area contributed by atoms with Gasteiger partial charge in [-0.3, -0.25) is 9.59 Å². The number of ether oxygens (including phenoxy) is 1. The van der Waals surface area contributed by atoms with Gasteiger partial charge in [-0.25, -0.2) is 9.40 Å². The summed E-state index contributed by atoms with van der Waals surface area (Å²) in [5.41, 5.74) is 0.507. The Balaban J connectivity index is 1.58. The summed E-state index contributed by atoms with van der Waals surface area (Å²) in [7, 11) is 1.44. The van der Waals surface area contributed by atoms with Crippen LogP contribution in [0.1, 0.15) is 38.8 Å². The predicted molar refractivity (Wildman–Crippen MR) is 131 cm³/mol. The lowest BCUT2D eigenvalue weighted by atomic mass is 10.0. The fourth-order valence-corrected chi connectivity index (χ4v) is 4.67. The van der Waals surface area contributed by atoms with E-state index in [0.717, 1.165) is 29.1 Å². The number of methoxy groups -OCH3 is 1. The zero-order valence-corrected chi connectivity index (χ0v) is 20.6. The topological polar surface area (TPSA) is 62.2 Å². The van der Waals surface area contributed by atoms with Crippen LogP contribution in [-0.2, 0) is 15.7 Å². The minimum Gasteiger partial charge on any atom is -0.383 e. The molecule has 0 unspecified atom stereocenters. The lowest BCUT2D eigenvalue weighted by molar-refractivity contribution is -0.137. The number of benzene rings is 2. The molecule has 1 aliphatic rings. The molecule has 194 valence electrons. The van der Waals surface area contributed by atoms with Gasteiger partial charge in [0, 0.05) is 25.6 Å². The highest BCUT2D eigenvalue weighted by atomic mass is 32.1. The summed E-state index contributed by atoms with van der Waals surface area (Å²) in [5.74, 6) is -1.51. The number of rotatable bonds is 8. The zero-order valence-electron chi connectivity index (χ0n) is 19.7. The van der Waals surface area contributed by atoms with E-state index in [1.54, 1.807) is 12.1 Å². The second-order valence-electron chi connectivity index (χ2n) is 8.33. The van der Waals surface area contributed by atoms with Crippen molar-refractivity contribution in [1.82, 2.24) is 9.91 Å². The molecule has 6 nitrogen and oxygen atoms in total. The maximum atomic E-state index is 13.5. The maximum Gasteiger partial charge on any atom is 0.416 e. The molecule has 0 radical (unpaired) electrons. The quantitative estimate of drug-likeness (QED) is 0.366. The second kappa shape index (κ2) is 11.2. The van der Waals surface area contributed by atoms with Gasteiger partial charge in [0.1, 0.15) is 12.4 Å². The summed E-state index contributed by atoms with van der Waals surface area (Å²) in [6.07, 6.45) is -4.13. The van der Waals surface area contributed by atoms with E-state index in [0.29, 0.717) is 17.7 Å². The highest BCUT2D eigenvalue weighted by Gasteiger charge is 2.35. The third-order valence-corrected chi connectivity index (χ3v) is 6.78. The molecule has 11 heteroatoms. The molecule has 2 aromatic carbocycles. The van der Waals surface area contributed by atoms with E-state index in [1.165, 1.54) is 40.5 Å². The molecule has 0 aliphatic carbocycles. The van der Waals surface area contributed by atoms with Gasteiger partial charge in [-0.15, -0.1) is 11.3 Å². The first kappa shape index (κ1) is 26.5. The summed E-state index contributed by atoms with van der Waals surface area (Å²) in [4.78, 5) is 28.7. The molecule has 2 heterocycles. The number of hydrogen-bond acceptors (Lipinski definition) is 5. The number of carbonyl (C=O) groups is 2. The normalized spacial score (nSPS) is 15.5. The fourth-order valence-electron chi connectivity index (χ4n) is 3.95. The van der Waals surface area contributed by atoms with Crippen molar-refractivity contribution in [3.8, 4) is 0 Å². The summed E-state index contributed by atoms with van der Waals surface area (Å²) >= 11 is 1.47. The molecule has 0 saturated carbocycles. The molecule has 1 atom stereocenters. The van der Waals surface area contributed by atoms with Gasteiger partial charge in [-0.2, -0.15) is 18.3 Å². The zero-order chi connectivity index (χ0) is 26.6. The maximum absolute atomic E-state index is 13.5. The summed E-state index contributed by atoms with van der Waals surface area (Å²) in [5, 5.41) is 7.72. The lowest BCUT2D eigenvalue weighted by Crippen LogP contribution is -2.42. The van der Waals surface area contributed by atoms with Crippen LogP contribution in [0, 0.1) is 5.82 Å². The monoisotopic (exact) mass is 533 g/mol. The highest BCUT2D eigenvalue weighted by molar-refractivity contribution is 7.12. The van der Waals surface area contributed by atoms with Crippen LogP contribution in [0.5, 0.6) is 0 Å². The van der Waals surface area contributed by atoms with Crippen LogP contribution in [0.2, 0.25) is 0 Å². The Morgan fingerprint density at radius 3 is 2.41 bits per heavy atom. The van der Waals surface area contributed by atoms with Crippen molar-refractivity contribution in [3.05, 3.63) is 93.4 Å². The van der Waals surface area contributed by atoms with Crippen LogP contribution in [0.4, 0.5) is 17.6 Å². The van der Waals surface area contributed by atoms with Crippen LogP contribution in [0.15, 0.2) is 71.1 Å². The first-order valence-corrected chi connectivity index (χ1v) is 12.2. The van der Waals surface area contributed by atoms with Gasteiger partial charge in [0.15, 0.2) is 0 Å². The molecule has 3 aromatic rings. The van der Waals surface area contributed by atoms with Gasteiger partial charge < -0.3 is 9.64 Å². The minimum atomic E-state index is -4.53. The van der Waals surface area contributed by atoms with Crippen molar-refractivity contribution in [1.29, 1.82) is 0 Å². The van der Waals surface area contributed by atoms with Gasteiger partial charge >= 0.3 is 6.18 Å². The molecule has 1 aliphatic heterocycles. The number of amides is 2. The van der Waals surface area contributed by atoms with E-state index in [1.807, 2.05) is 17.5 Å². The van der Waals surface area contributed by atoms with Crippen molar-refractivity contribution in [2.45, 2.75) is 18.6 Å². The molecule has 0 spiro atoms. The molecular weight excluding hydrogens is 510 g/mol. The van der Waals surface area contributed by atoms with Crippen molar-refractivity contribution in [2.75, 3.05) is 26.8 Å². The molecule has 2 amide bonds. The first-order valence-electron chi connectivity index (χ1n) is 11.3. The van der Waals surface area contributed by atoms with E-state index >= 15 is 0 Å². The third-order valence-electron chi connectivity index (χ3n) is 5.86. The Hall–Kier alpha value is -3.57. The number of alkyl halides is 3. The van der Waals surface area contributed by atoms with Gasteiger partial charge in [-0.05, 0) is 53.4 Å². The SMILES string of the molecule is COCCN(CC(=O)N1N=C(c2cccs2)C[C@H]1c1ccc(F)cc1)C(=O)c1ccc(C(F)(F)F)cc1. The molecule has 0 saturated heterocycles. The van der Waals surface area contributed by atoms with Gasteiger partial charge in [0.25, 0.3) is 11.8 Å². The Kier molecular flexibility index (Phi) is 8.03. The Labute approximate surface area is 214 Å². The van der Waals surface area contributed by atoms with E-state index in [-0.39, 0.29) is 25.3 Å². The predicted octanol–water partition coefficient (Wildman–Crippen LogP) is 5.37. The molecule has 0 fully saturated rings. The Bertz CT molecular complexity index is 1260. The van der Waals surface area contributed by atoms with Gasteiger partial charge in [0.2, 0.25) is 0 Å². The molecule has 37 heavy (non-hydrogen) atoms. The Morgan fingerprint density at radius 2 is 1.81 bits per heavy atom. The van der Waals surface area contributed by atoms with Crippen molar-refractivity contribution >= 4 is 28.9 Å². The lowest BCUT2D eigenvalue weighted by Gasteiger charge is -2.27. The summed E-state index contributed by atoms with van der Waals surface area (Å²) in [6.45, 7) is -0.217. The Morgan fingerprint density at radius 1 is 1.11 bits per heavy atom. The summed E-state index contributed by atoms with van der Waals surface area (Å²) in [6, 6.07) is 12.9. The number of hydrazone groups is 1. The van der Waals surface area contributed by atoms with Crippen molar-refractivity contribution in [3.63, 3.8) is 0 Å². The standard InChI is InChI=1S/C26H23F4N3O3S/c1-36-13-12-32(25(35)18-4-8-19(9-5-18)26(28,29)30)16-24(34)33-22(17-6-10-20(27)11-7-17)15-21(31-33)23-3-2-14-37-23/h2-11,14,22H,12-13,15-16H2,1H3/t22-/m0/s1. The van der Waals surface area contributed by atoms with E-state index in [2.05, 4.69) is 5.10 Å². The van der Waals surface area contributed by atoms with Crippen LogP contribution in [-0.4, -0.2) is 54.2 Å². The molecule has 1 aromatic heterocycles. The van der Waals surface area contributed by atoms with Crippen molar-refractivity contribution < 1.29 is 31.9 Å². The minimum absolute atomic E-state index is 0.0104. The number of nitrogens with zero attached hydrogens (tertiary/aromatic N) is 3. The molecule has 0 N–H and O–H groups in total. The smallest absolute Gasteiger partial charge is 0.383 e.